The first kappa shape index (κ1) is 20.6. The van der Waals surface area contributed by atoms with Crippen molar-refractivity contribution in [3.63, 3.8) is 0 Å². The fourth-order valence-corrected chi connectivity index (χ4v) is 2.55. The Morgan fingerprint density at radius 1 is 1.04 bits per heavy atom. The Morgan fingerprint density at radius 3 is 2.44 bits per heavy atom. The van der Waals surface area contributed by atoms with Gasteiger partial charge in [-0.05, 0) is 55.3 Å². The van der Waals surface area contributed by atoms with E-state index in [9.17, 15) is 13.6 Å². The summed E-state index contributed by atoms with van der Waals surface area (Å²) in [6, 6.07) is 8.95. The maximum absolute atomic E-state index is 13.2. The lowest BCUT2D eigenvalue weighted by molar-refractivity contribution is -0.123. The monoisotopic (exact) mass is 378 g/mol. The molecule has 2 N–H and O–H groups in total. The number of ether oxygens (including phenoxy) is 2. The first-order valence-corrected chi connectivity index (χ1v) is 8.74. The number of hydrogen-bond donors (Lipinski definition) is 2. The topological polar surface area (TPSA) is 59.6 Å². The standard InChI is InChI=1S/C20H24F2N2O3/c1-3-24-20(25)13-27-18-5-4-15(10-19(18)26-2)12-23-7-6-14-8-16(21)11-17(22)9-14/h4-5,8-11,23H,3,6-7,12-13H2,1-2H3,(H,24,25). The smallest absolute Gasteiger partial charge is 0.257 e. The minimum atomic E-state index is -0.571. The van der Waals surface area contributed by atoms with E-state index in [4.69, 9.17) is 9.47 Å². The normalized spacial score (nSPS) is 10.5. The molecule has 2 aromatic rings. The molecule has 5 nitrogen and oxygen atoms in total. The second kappa shape index (κ2) is 10.5. The fraction of sp³-hybridized carbons (Fsp3) is 0.350. The third-order valence-corrected chi connectivity index (χ3v) is 3.80. The molecule has 0 aliphatic rings. The molecular weight excluding hydrogens is 354 g/mol. The van der Waals surface area contributed by atoms with Crippen molar-refractivity contribution in [2.24, 2.45) is 0 Å². The Hall–Kier alpha value is -2.67. The van der Waals surface area contributed by atoms with E-state index in [1.807, 2.05) is 19.1 Å². The minimum Gasteiger partial charge on any atom is -0.493 e. The summed E-state index contributed by atoms with van der Waals surface area (Å²) in [6.07, 6.45) is 0.513. The van der Waals surface area contributed by atoms with Gasteiger partial charge in [-0.25, -0.2) is 8.78 Å². The molecule has 146 valence electrons. The molecule has 7 heteroatoms. The van der Waals surface area contributed by atoms with E-state index in [1.165, 1.54) is 19.2 Å². The van der Waals surface area contributed by atoms with E-state index in [0.29, 0.717) is 43.1 Å². The van der Waals surface area contributed by atoms with Crippen molar-refractivity contribution in [1.29, 1.82) is 0 Å². The highest BCUT2D eigenvalue weighted by Gasteiger charge is 2.08. The molecule has 2 aromatic carbocycles. The van der Waals surface area contributed by atoms with E-state index < -0.39 is 11.6 Å². The number of nitrogens with one attached hydrogen (secondary N) is 2. The molecule has 0 radical (unpaired) electrons. The van der Waals surface area contributed by atoms with Crippen molar-refractivity contribution < 1.29 is 23.0 Å². The summed E-state index contributed by atoms with van der Waals surface area (Å²) in [4.78, 5) is 11.5. The zero-order chi connectivity index (χ0) is 19.6. The van der Waals surface area contributed by atoms with Crippen LogP contribution in [0.3, 0.4) is 0 Å². The first-order chi connectivity index (χ1) is 13.0. The van der Waals surface area contributed by atoms with Crippen molar-refractivity contribution in [2.75, 3.05) is 26.8 Å². The van der Waals surface area contributed by atoms with Gasteiger partial charge in [-0.15, -0.1) is 0 Å². The molecule has 0 fully saturated rings. The second-order valence-corrected chi connectivity index (χ2v) is 5.93. The summed E-state index contributed by atoms with van der Waals surface area (Å²) in [6.45, 7) is 3.44. The van der Waals surface area contributed by atoms with E-state index in [0.717, 1.165) is 11.6 Å². The number of likely N-dealkylation sites (N-methyl/N-ethyl adjacent to an activating group) is 1. The van der Waals surface area contributed by atoms with Crippen molar-refractivity contribution in [3.8, 4) is 11.5 Å². The van der Waals surface area contributed by atoms with E-state index in [2.05, 4.69) is 10.6 Å². The Balaban J connectivity index is 1.84. The predicted molar refractivity (Wildman–Crippen MR) is 98.9 cm³/mol. The van der Waals surface area contributed by atoms with Crippen molar-refractivity contribution >= 4 is 5.91 Å². The molecule has 0 saturated heterocycles. The molecule has 27 heavy (non-hydrogen) atoms. The maximum Gasteiger partial charge on any atom is 0.257 e. The summed E-state index contributed by atoms with van der Waals surface area (Å²) in [5.41, 5.74) is 1.56. The number of rotatable bonds is 10. The molecule has 0 spiro atoms. The Labute approximate surface area is 157 Å². The molecule has 0 saturated carbocycles. The van der Waals surface area contributed by atoms with Gasteiger partial charge in [0.05, 0.1) is 7.11 Å². The van der Waals surface area contributed by atoms with Crippen LogP contribution in [0.5, 0.6) is 11.5 Å². The highest BCUT2D eigenvalue weighted by molar-refractivity contribution is 5.77. The number of methoxy groups -OCH3 is 1. The number of benzene rings is 2. The minimum absolute atomic E-state index is 0.0774. The number of amides is 1. The van der Waals surface area contributed by atoms with Crippen LogP contribution in [-0.2, 0) is 17.8 Å². The van der Waals surface area contributed by atoms with Crippen LogP contribution >= 0.6 is 0 Å². The number of halogens is 2. The predicted octanol–water partition coefficient (Wildman–Crippen LogP) is 2.82. The maximum atomic E-state index is 13.2. The number of hydrogen-bond acceptors (Lipinski definition) is 4. The van der Waals surface area contributed by atoms with Crippen molar-refractivity contribution in [3.05, 3.63) is 59.2 Å². The fourth-order valence-electron chi connectivity index (χ4n) is 2.55. The van der Waals surface area contributed by atoms with Crippen LogP contribution in [-0.4, -0.2) is 32.7 Å². The SMILES string of the molecule is CCNC(=O)COc1ccc(CNCCc2cc(F)cc(F)c2)cc1OC. The van der Waals surface area contributed by atoms with Gasteiger partial charge in [0.25, 0.3) is 5.91 Å². The van der Waals surface area contributed by atoms with Crippen LogP contribution in [0.1, 0.15) is 18.1 Å². The van der Waals surface area contributed by atoms with Gasteiger partial charge >= 0.3 is 0 Å². The van der Waals surface area contributed by atoms with Gasteiger partial charge in [-0.2, -0.15) is 0 Å². The Bertz CT molecular complexity index is 749. The van der Waals surface area contributed by atoms with Crippen LogP contribution < -0.4 is 20.1 Å². The lowest BCUT2D eigenvalue weighted by atomic mass is 10.1. The summed E-state index contributed by atoms with van der Waals surface area (Å²) < 4.78 is 37.1. The lowest BCUT2D eigenvalue weighted by Crippen LogP contribution is -2.28. The lowest BCUT2D eigenvalue weighted by Gasteiger charge is -2.12. The van der Waals surface area contributed by atoms with E-state index >= 15 is 0 Å². The van der Waals surface area contributed by atoms with Gasteiger partial charge in [0.15, 0.2) is 18.1 Å². The highest BCUT2D eigenvalue weighted by atomic mass is 19.1. The third kappa shape index (κ3) is 6.86. The molecular formula is C20H24F2N2O3. The van der Waals surface area contributed by atoms with Crippen LogP contribution in [0.15, 0.2) is 36.4 Å². The second-order valence-electron chi connectivity index (χ2n) is 5.93. The highest BCUT2D eigenvalue weighted by Crippen LogP contribution is 2.28. The summed E-state index contributed by atoms with van der Waals surface area (Å²) >= 11 is 0. The van der Waals surface area contributed by atoms with Gasteiger partial charge < -0.3 is 20.1 Å². The van der Waals surface area contributed by atoms with Gasteiger partial charge in [0.1, 0.15) is 11.6 Å². The van der Waals surface area contributed by atoms with Gasteiger partial charge in [-0.3, -0.25) is 4.79 Å². The summed E-state index contributed by atoms with van der Waals surface area (Å²) in [5, 5.41) is 5.88. The molecule has 0 aliphatic carbocycles. The van der Waals surface area contributed by atoms with Crippen molar-refractivity contribution in [1.82, 2.24) is 10.6 Å². The molecule has 0 unspecified atom stereocenters. The van der Waals surface area contributed by atoms with E-state index in [-0.39, 0.29) is 12.5 Å². The van der Waals surface area contributed by atoms with E-state index in [1.54, 1.807) is 6.07 Å². The quantitative estimate of drug-likeness (QED) is 0.624. The molecule has 2 rings (SSSR count). The van der Waals surface area contributed by atoms with Crippen LogP contribution in [0.4, 0.5) is 8.78 Å². The van der Waals surface area contributed by atoms with Crippen LogP contribution in [0.25, 0.3) is 0 Å². The van der Waals surface area contributed by atoms with Crippen molar-refractivity contribution in [2.45, 2.75) is 19.9 Å². The Morgan fingerprint density at radius 2 is 1.78 bits per heavy atom. The largest absolute Gasteiger partial charge is 0.493 e. The molecule has 0 aromatic heterocycles. The van der Waals surface area contributed by atoms with Gasteiger partial charge in [0, 0.05) is 19.2 Å². The molecule has 0 heterocycles. The zero-order valence-electron chi connectivity index (χ0n) is 15.5. The molecule has 0 atom stereocenters. The molecule has 1 amide bonds. The van der Waals surface area contributed by atoms with Gasteiger partial charge in [-0.1, -0.05) is 6.07 Å². The molecule has 0 bridgehead atoms. The number of carbonyl (C=O) groups excluding carboxylic acids is 1. The zero-order valence-corrected chi connectivity index (χ0v) is 15.5. The Kier molecular flexibility index (Phi) is 8.00. The average Bonchev–Trinajstić information content (AvgIpc) is 2.63. The average molecular weight is 378 g/mol. The summed E-state index contributed by atoms with van der Waals surface area (Å²) in [5.74, 6) is -0.316. The molecule has 0 aliphatic heterocycles. The number of carbonyl (C=O) groups is 1. The third-order valence-electron chi connectivity index (χ3n) is 3.80. The van der Waals surface area contributed by atoms with Crippen LogP contribution in [0.2, 0.25) is 0 Å². The van der Waals surface area contributed by atoms with Crippen LogP contribution in [0, 0.1) is 11.6 Å². The van der Waals surface area contributed by atoms with Gasteiger partial charge in [0.2, 0.25) is 0 Å². The first-order valence-electron chi connectivity index (χ1n) is 8.74. The summed E-state index contributed by atoms with van der Waals surface area (Å²) in [7, 11) is 1.53.